The highest BCUT2D eigenvalue weighted by Gasteiger charge is 2.56. The molecule has 7 heteroatoms. The first kappa shape index (κ1) is 12.7. The van der Waals surface area contributed by atoms with Gasteiger partial charge in [-0.1, -0.05) is 6.92 Å². The lowest BCUT2D eigenvalue weighted by molar-refractivity contribution is -0.141. The fourth-order valence-corrected chi connectivity index (χ4v) is 2.92. The molecule has 1 unspecified atom stereocenters. The van der Waals surface area contributed by atoms with Crippen LogP contribution in [0.3, 0.4) is 0 Å². The molecule has 0 saturated carbocycles. The van der Waals surface area contributed by atoms with E-state index in [0.29, 0.717) is 6.42 Å². The standard InChI is InChI=1S/C11H16N2O5/c1-2-6-3-11(9(16)12-6)4-7(8(14)15)13(5-11)10(17)18/h6-7H,2-5H2,1H3,(H,12,16)(H,14,15)(H,17,18)/t6?,7-,11-/m0/s1. The number of nitrogens with zero attached hydrogens (tertiary/aromatic N) is 1. The van der Waals surface area contributed by atoms with Crippen molar-refractivity contribution in [2.45, 2.75) is 38.3 Å². The summed E-state index contributed by atoms with van der Waals surface area (Å²) in [6, 6.07) is -1.11. The highest BCUT2D eigenvalue weighted by Crippen LogP contribution is 2.43. The van der Waals surface area contributed by atoms with Crippen LogP contribution in [0.25, 0.3) is 0 Å². The van der Waals surface area contributed by atoms with E-state index in [1.807, 2.05) is 6.92 Å². The van der Waals surface area contributed by atoms with Crippen LogP contribution in [0.5, 0.6) is 0 Å². The number of nitrogens with one attached hydrogen (secondary N) is 1. The Bertz CT molecular complexity index is 386. The van der Waals surface area contributed by atoms with Crippen molar-refractivity contribution in [2.24, 2.45) is 5.41 Å². The van der Waals surface area contributed by atoms with Crippen LogP contribution in [0.2, 0.25) is 0 Å². The molecule has 100 valence electrons. The Morgan fingerprint density at radius 1 is 1.44 bits per heavy atom. The summed E-state index contributed by atoms with van der Waals surface area (Å²) in [5.74, 6) is -1.41. The second kappa shape index (κ2) is 4.15. The summed E-state index contributed by atoms with van der Waals surface area (Å²) >= 11 is 0. The summed E-state index contributed by atoms with van der Waals surface area (Å²) in [5, 5.41) is 20.9. The van der Waals surface area contributed by atoms with E-state index in [9.17, 15) is 14.4 Å². The van der Waals surface area contributed by atoms with Gasteiger partial charge in [0.15, 0.2) is 0 Å². The Hall–Kier alpha value is -1.79. The van der Waals surface area contributed by atoms with Crippen molar-refractivity contribution in [1.82, 2.24) is 10.2 Å². The molecule has 3 atom stereocenters. The average Bonchev–Trinajstić information content (AvgIpc) is 2.82. The van der Waals surface area contributed by atoms with E-state index in [0.717, 1.165) is 11.3 Å². The van der Waals surface area contributed by atoms with E-state index in [2.05, 4.69) is 5.32 Å². The highest BCUT2D eigenvalue weighted by atomic mass is 16.4. The van der Waals surface area contributed by atoms with Crippen molar-refractivity contribution in [2.75, 3.05) is 6.54 Å². The largest absolute Gasteiger partial charge is 0.480 e. The average molecular weight is 256 g/mol. The molecule has 0 aliphatic carbocycles. The molecular weight excluding hydrogens is 240 g/mol. The van der Waals surface area contributed by atoms with Crippen LogP contribution >= 0.6 is 0 Å². The number of carbonyl (C=O) groups is 3. The van der Waals surface area contributed by atoms with Crippen molar-refractivity contribution in [3.05, 3.63) is 0 Å². The minimum Gasteiger partial charge on any atom is -0.480 e. The summed E-state index contributed by atoms with van der Waals surface area (Å²) in [5.41, 5.74) is -0.859. The summed E-state index contributed by atoms with van der Waals surface area (Å²) in [4.78, 5) is 35.0. The smallest absolute Gasteiger partial charge is 0.408 e. The molecule has 0 aromatic rings. The molecule has 2 fully saturated rings. The Labute approximate surface area is 104 Å². The molecule has 7 nitrogen and oxygen atoms in total. The molecule has 2 aliphatic heterocycles. The number of carbonyl (C=O) groups excluding carboxylic acids is 1. The summed E-state index contributed by atoms with van der Waals surface area (Å²) in [7, 11) is 0. The van der Waals surface area contributed by atoms with Crippen LogP contribution in [0.1, 0.15) is 26.2 Å². The van der Waals surface area contributed by atoms with Crippen molar-refractivity contribution < 1.29 is 24.6 Å². The van der Waals surface area contributed by atoms with Gasteiger partial charge in [0.2, 0.25) is 5.91 Å². The molecule has 18 heavy (non-hydrogen) atoms. The first-order valence-electron chi connectivity index (χ1n) is 5.93. The van der Waals surface area contributed by atoms with Gasteiger partial charge in [0, 0.05) is 12.6 Å². The molecule has 2 saturated heterocycles. The Kier molecular flexibility index (Phi) is 2.92. The minimum atomic E-state index is -1.29. The van der Waals surface area contributed by atoms with E-state index in [1.165, 1.54) is 0 Å². The lowest BCUT2D eigenvalue weighted by atomic mass is 9.82. The van der Waals surface area contributed by atoms with Gasteiger partial charge in [0.05, 0.1) is 5.41 Å². The number of hydrogen-bond donors (Lipinski definition) is 3. The number of carboxylic acid groups (broad SMARTS) is 2. The molecule has 3 N–H and O–H groups in total. The topological polar surface area (TPSA) is 107 Å². The lowest BCUT2D eigenvalue weighted by Gasteiger charge is -2.19. The van der Waals surface area contributed by atoms with Crippen molar-refractivity contribution in [1.29, 1.82) is 0 Å². The van der Waals surface area contributed by atoms with Gasteiger partial charge in [-0.3, -0.25) is 9.69 Å². The SMILES string of the molecule is CCC1C[C@@]2(C[C@@H](C(=O)O)N(C(=O)O)C2)C(=O)N1. The zero-order valence-corrected chi connectivity index (χ0v) is 10.0. The highest BCUT2D eigenvalue weighted by molar-refractivity contribution is 5.89. The molecule has 0 bridgehead atoms. The van der Waals surface area contributed by atoms with Gasteiger partial charge in [-0.2, -0.15) is 0 Å². The number of rotatable bonds is 2. The monoisotopic (exact) mass is 256 g/mol. The maximum absolute atomic E-state index is 12.0. The van der Waals surface area contributed by atoms with Crippen LogP contribution in [-0.2, 0) is 9.59 Å². The van der Waals surface area contributed by atoms with Crippen LogP contribution in [0, 0.1) is 5.41 Å². The summed E-state index contributed by atoms with van der Waals surface area (Å²) in [6.45, 7) is 1.91. The summed E-state index contributed by atoms with van der Waals surface area (Å²) in [6.07, 6.45) is 0.0533. The van der Waals surface area contributed by atoms with Crippen molar-refractivity contribution >= 4 is 18.0 Å². The molecule has 0 aromatic carbocycles. The van der Waals surface area contributed by atoms with E-state index in [4.69, 9.17) is 10.2 Å². The van der Waals surface area contributed by atoms with Crippen LogP contribution in [-0.4, -0.2) is 51.7 Å². The molecule has 2 rings (SSSR count). The van der Waals surface area contributed by atoms with Crippen molar-refractivity contribution in [3.63, 3.8) is 0 Å². The van der Waals surface area contributed by atoms with Crippen molar-refractivity contribution in [3.8, 4) is 0 Å². The van der Waals surface area contributed by atoms with Gasteiger partial charge >= 0.3 is 12.1 Å². The second-order valence-electron chi connectivity index (χ2n) is 5.03. The van der Waals surface area contributed by atoms with Crippen LogP contribution < -0.4 is 5.32 Å². The Morgan fingerprint density at radius 2 is 2.11 bits per heavy atom. The lowest BCUT2D eigenvalue weighted by Crippen LogP contribution is -2.40. The minimum absolute atomic E-state index is 0.0145. The normalized spacial score (nSPS) is 34.9. The van der Waals surface area contributed by atoms with Crippen LogP contribution in [0.4, 0.5) is 4.79 Å². The van der Waals surface area contributed by atoms with E-state index < -0.39 is 23.5 Å². The van der Waals surface area contributed by atoms with Gasteiger partial charge in [-0.05, 0) is 19.3 Å². The number of carboxylic acids is 1. The predicted molar refractivity (Wildman–Crippen MR) is 60.0 cm³/mol. The number of likely N-dealkylation sites (tertiary alicyclic amines) is 1. The third-order valence-electron chi connectivity index (χ3n) is 3.91. The fraction of sp³-hybridized carbons (Fsp3) is 0.727. The zero-order chi connectivity index (χ0) is 13.5. The molecule has 2 amide bonds. The first-order chi connectivity index (χ1) is 8.39. The fourth-order valence-electron chi connectivity index (χ4n) is 2.92. The maximum atomic E-state index is 12.0. The number of aliphatic carboxylic acids is 1. The molecule has 1 spiro atoms. The first-order valence-corrected chi connectivity index (χ1v) is 5.93. The molecule has 2 heterocycles. The third kappa shape index (κ3) is 1.79. The Morgan fingerprint density at radius 3 is 2.50 bits per heavy atom. The number of amides is 2. The molecule has 0 radical (unpaired) electrons. The zero-order valence-electron chi connectivity index (χ0n) is 10.0. The summed E-state index contributed by atoms with van der Waals surface area (Å²) < 4.78 is 0. The second-order valence-corrected chi connectivity index (χ2v) is 5.03. The third-order valence-corrected chi connectivity index (χ3v) is 3.91. The van der Waals surface area contributed by atoms with E-state index in [1.54, 1.807) is 0 Å². The maximum Gasteiger partial charge on any atom is 0.408 e. The molecule has 0 aromatic heterocycles. The molecule has 2 aliphatic rings. The van der Waals surface area contributed by atoms with Gasteiger partial charge in [-0.25, -0.2) is 9.59 Å². The Balaban J connectivity index is 2.25. The van der Waals surface area contributed by atoms with E-state index in [-0.39, 0.29) is 24.9 Å². The molecular formula is C11H16N2O5. The number of hydrogen-bond acceptors (Lipinski definition) is 3. The quantitative estimate of drug-likeness (QED) is 0.650. The van der Waals surface area contributed by atoms with E-state index >= 15 is 0 Å². The van der Waals surface area contributed by atoms with Crippen LogP contribution in [0.15, 0.2) is 0 Å². The van der Waals surface area contributed by atoms with Gasteiger partial charge in [0.1, 0.15) is 6.04 Å². The van der Waals surface area contributed by atoms with Gasteiger partial charge in [-0.15, -0.1) is 0 Å². The predicted octanol–water partition coefficient (Wildman–Crippen LogP) is 0.108. The van der Waals surface area contributed by atoms with Gasteiger partial charge < -0.3 is 15.5 Å². The van der Waals surface area contributed by atoms with Gasteiger partial charge in [0.25, 0.3) is 0 Å².